The molecule has 4 unspecified atom stereocenters. The Hall–Kier alpha value is -1.87. The minimum Gasteiger partial charge on any atom is -0.386 e. The Balaban J connectivity index is 4.43. The first-order chi connectivity index (χ1) is 12.8. The number of aliphatic hydroxyl groups excluding tert-OH is 2. The van der Waals surface area contributed by atoms with Crippen molar-refractivity contribution in [3.05, 3.63) is 32.4 Å². The highest BCUT2D eigenvalue weighted by Crippen LogP contribution is 2.15. The Morgan fingerprint density at radius 3 is 1.70 bits per heavy atom. The Bertz CT molecular complexity index is 471. The Kier molecular flexibility index (Phi) is 14.2. The molecule has 0 heterocycles. The molecular formula is C18H31N2O7. The van der Waals surface area contributed by atoms with Gasteiger partial charge >= 0.3 is 0 Å². The van der Waals surface area contributed by atoms with Crippen molar-refractivity contribution in [2.24, 2.45) is 0 Å². The van der Waals surface area contributed by atoms with Crippen LogP contribution in [0.25, 0.3) is 0 Å². The smallest absolute Gasteiger partial charge is 0.238 e. The van der Waals surface area contributed by atoms with Crippen molar-refractivity contribution >= 4 is 6.29 Å². The second kappa shape index (κ2) is 15.2. The van der Waals surface area contributed by atoms with Gasteiger partial charge in [0.1, 0.15) is 12.2 Å². The summed E-state index contributed by atoms with van der Waals surface area (Å²) in [5.74, 6) is 0. The highest BCUT2D eigenvalue weighted by molar-refractivity contribution is 5.50. The zero-order chi connectivity index (χ0) is 20.7. The van der Waals surface area contributed by atoms with E-state index in [0.29, 0.717) is 25.7 Å². The average Bonchev–Trinajstić information content (AvgIpc) is 2.61. The number of rotatable bonds is 17. The van der Waals surface area contributed by atoms with Gasteiger partial charge < -0.3 is 10.2 Å². The van der Waals surface area contributed by atoms with Gasteiger partial charge in [-0.2, -0.15) is 0 Å². The normalized spacial score (nSPS) is 16.0. The van der Waals surface area contributed by atoms with E-state index in [1.165, 1.54) is 12.2 Å². The first-order valence-electron chi connectivity index (χ1n) is 9.48. The molecular weight excluding hydrogens is 356 g/mol. The number of nitrogens with zero attached hydrogens (tertiary/aromatic N) is 2. The Morgan fingerprint density at radius 2 is 1.33 bits per heavy atom. The van der Waals surface area contributed by atoms with Crippen LogP contribution in [0.4, 0.5) is 0 Å². The molecule has 0 aromatic carbocycles. The van der Waals surface area contributed by atoms with Gasteiger partial charge in [0.25, 0.3) is 0 Å². The van der Waals surface area contributed by atoms with Crippen molar-refractivity contribution in [2.75, 3.05) is 0 Å². The molecule has 0 bridgehead atoms. The second-order valence-corrected chi connectivity index (χ2v) is 6.67. The number of unbranched alkanes of at least 4 members (excludes halogenated alkanes) is 4. The van der Waals surface area contributed by atoms with E-state index in [2.05, 4.69) is 0 Å². The lowest BCUT2D eigenvalue weighted by molar-refractivity contribution is -0.535. The van der Waals surface area contributed by atoms with E-state index in [1.807, 2.05) is 6.92 Å². The van der Waals surface area contributed by atoms with Crippen LogP contribution in [0.1, 0.15) is 71.1 Å². The van der Waals surface area contributed by atoms with Gasteiger partial charge in [0.15, 0.2) is 6.29 Å². The topological polar surface area (TPSA) is 144 Å². The van der Waals surface area contributed by atoms with Crippen molar-refractivity contribution < 1.29 is 24.9 Å². The highest BCUT2D eigenvalue weighted by atomic mass is 16.6. The van der Waals surface area contributed by atoms with Crippen LogP contribution >= 0.6 is 0 Å². The minimum atomic E-state index is -1.19. The highest BCUT2D eigenvalue weighted by Gasteiger charge is 2.29. The first-order valence-corrected chi connectivity index (χ1v) is 9.48. The summed E-state index contributed by atoms with van der Waals surface area (Å²) in [6.07, 6.45) is 6.60. The van der Waals surface area contributed by atoms with E-state index in [1.54, 1.807) is 6.29 Å². The van der Waals surface area contributed by atoms with Crippen LogP contribution in [-0.2, 0) is 4.79 Å². The summed E-state index contributed by atoms with van der Waals surface area (Å²) < 4.78 is 0. The summed E-state index contributed by atoms with van der Waals surface area (Å²) in [4.78, 5) is 31.3. The van der Waals surface area contributed by atoms with E-state index in [4.69, 9.17) is 0 Å². The molecule has 9 heteroatoms. The Morgan fingerprint density at radius 1 is 0.889 bits per heavy atom. The molecule has 0 rings (SSSR count). The number of aliphatic hydroxyl groups is 2. The molecule has 0 aromatic heterocycles. The number of hydrogen-bond donors (Lipinski definition) is 2. The third-order valence-corrected chi connectivity index (χ3v) is 4.48. The van der Waals surface area contributed by atoms with Crippen LogP contribution in [0.2, 0.25) is 0 Å². The lowest BCUT2D eigenvalue weighted by Gasteiger charge is -2.15. The summed E-state index contributed by atoms with van der Waals surface area (Å²) in [6.45, 7) is 1.99. The molecule has 0 aliphatic rings. The number of nitro groups is 2. The average molecular weight is 387 g/mol. The number of carbonyl (C=O) groups excluding carboxylic acids is 1. The van der Waals surface area contributed by atoms with E-state index in [9.17, 15) is 35.2 Å². The zero-order valence-corrected chi connectivity index (χ0v) is 15.9. The predicted octanol–water partition coefficient (Wildman–Crippen LogP) is 2.59. The van der Waals surface area contributed by atoms with E-state index in [-0.39, 0.29) is 25.7 Å². The van der Waals surface area contributed by atoms with Crippen LogP contribution in [0, 0.1) is 20.2 Å². The second-order valence-electron chi connectivity index (χ2n) is 6.67. The first kappa shape index (κ1) is 25.1. The lowest BCUT2D eigenvalue weighted by atomic mass is 9.99. The molecule has 155 valence electrons. The van der Waals surface area contributed by atoms with Crippen LogP contribution in [0.5, 0.6) is 0 Å². The van der Waals surface area contributed by atoms with Gasteiger partial charge in [-0.15, -0.1) is 0 Å². The summed E-state index contributed by atoms with van der Waals surface area (Å²) >= 11 is 0. The molecule has 0 saturated carbocycles. The van der Waals surface area contributed by atoms with Crippen LogP contribution in [0.15, 0.2) is 12.2 Å². The molecule has 0 aromatic rings. The third kappa shape index (κ3) is 11.4. The minimum absolute atomic E-state index is 0.0249. The molecule has 1 radical (unpaired) electrons. The Labute approximate surface area is 159 Å². The number of hydrogen-bond acceptors (Lipinski definition) is 7. The van der Waals surface area contributed by atoms with Crippen LogP contribution in [-0.4, -0.2) is 50.6 Å². The fourth-order valence-corrected chi connectivity index (χ4v) is 2.82. The maximum atomic E-state index is 11.1. The van der Waals surface area contributed by atoms with Gasteiger partial charge in [0.2, 0.25) is 12.1 Å². The van der Waals surface area contributed by atoms with Gasteiger partial charge in [0, 0.05) is 29.1 Å². The lowest BCUT2D eigenvalue weighted by Crippen LogP contribution is -2.34. The SMILES string of the molecule is CCCCCC(C(O)C/C=C\CC(O)C(CCCC[C]=O)[N+](=O)[O-])[N+](=O)[O-]. The third-order valence-electron chi connectivity index (χ3n) is 4.48. The molecule has 0 spiro atoms. The van der Waals surface area contributed by atoms with E-state index in [0.717, 1.165) is 12.8 Å². The molecule has 0 fully saturated rings. The van der Waals surface area contributed by atoms with Crippen molar-refractivity contribution in [1.29, 1.82) is 0 Å². The van der Waals surface area contributed by atoms with Crippen molar-refractivity contribution in [3.8, 4) is 0 Å². The zero-order valence-electron chi connectivity index (χ0n) is 15.9. The van der Waals surface area contributed by atoms with Gasteiger partial charge in [-0.05, 0) is 32.1 Å². The van der Waals surface area contributed by atoms with Gasteiger partial charge in [-0.25, -0.2) is 0 Å². The molecule has 27 heavy (non-hydrogen) atoms. The van der Waals surface area contributed by atoms with Crippen molar-refractivity contribution in [3.63, 3.8) is 0 Å². The summed E-state index contributed by atoms with van der Waals surface area (Å²) in [6, 6.07) is -2.17. The molecule has 0 aliphatic carbocycles. The molecule has 0 aliphatic heterocycles. The van der Waals surface area contributed by atoms with E-state index >= 15 is 0 Å². The van der Waals surface area contributed by atoms with E-state index < -0.39 is 34.1 Å². The van der Waals surface area contributed by atoms with Gasteiger partial charge in [-0.3, -0.25) is 25.0 Å². The predicted molar refractivity (Wildman–Crippen MR) is 100 cm³/mol. The molecule has 0 amide bonds. The van der Waals surface area contributed by atoms with Gasteiger partial charge in [-0.1, -0.05) is 31.9 Å². The quantitative estimate of drug-likeness (QED) is 0.169. The summed E-state index contributed by atoms with van der Waals surface area (Å²) in [7, 11) is 0. The van der Waals surface area contributed by atoms with Crippen LogP contribution in [0.3, 0.4) is 0 Å². The maximum absolute atomic E-state index is 11.1. The molecule has 4 atom stereocenters. The molecule has 9 nitrogen and oxygen atoms in total. The standard InChI is InChI=1S/C18H31N2O7/c1-2-3-5-10-15(19(24)25)17(22)12-7-8-13-18(23)16(20(26)27)11-6-4-9-14-21/h7-8,15-18,22-23H,2-6,9-13H2,1H3/b8-7-. The molecule has 0 saturated heterocycles. The monoisotopic (exact) mass is 387 g/mol. The van der Waals surface area contributed by atoms with Crippen molar-refractivity contribution in [1.82, 2.24) is 0 Å². The summed E-state index contributed by atoms with van der Waals surface area (Å²) in [5.41, 5.74) is 0. The fourth-order valence-electron chi connectivity index (χ4n) is 2.82. The summed E-state index contributed by atoms with van der Waals surface area (Å²) in [5, 5.41) is 42.1. The van der Waals surface area contributed by atoms with Crippen LogP contribution < -0.4 is 0 Å². The maximum Gasteiger partial charge on any atom is 0.238 e. The largest absolute Gasteiger partial charge is 0.386 e. The fraction of sp³-hybridized carbons (Fsp3) is 0.833. The molecule has 2 N–H and O–H groups in total. The van der Waals surface area contributed by atoms with Gasteiger partial charge in [0.05, 0.1) is 0 Å². The van der Waals surface area contributed by atoms with Crippen molar-refractivity contribution in [2.45, 2.75) is 95.4 Å².